The first-order valence-corrected chi connectivity index (χ1v) is 7.14. The van der Waals surface area contributed by atoms with Crippen LogP contribution in [-0.2, 0) is 5.41 Å². The van der Waals surface area contributed by atoms with E-state index < -0.39 is 11.6 Å². The molecule has 2 aromatic rings. The van der Waals surface area contributed by atoms with Crippen molar-refractivity contribution in [2.24, 2.45) is 0 Å². The standard InChI is InChI=1S/C16H19F2N3/c1-16(2,3)14-9-21-13(6-7-19-15(21)20-14)10-4-5-11(17)12(18)8-10/h4-5,8-9,13H,6-7H2,1-3H3,(H,19,20). The molecule has 0 saturated heterocycles. The third-order valence-corrected chi connectivity index (χ3v) is 3.87. The molecule has 0 radical (unpaired) electrons. The van der Waals surface area contributed by atoms with Gasteiger partial charge < -0.3 is 9.88 Å². The van der Waals surface area contributed by atoms with Crippen molar-refractivity contribution in [3.63, 3.8) is 0 Å². The number of nitrogens with zero attached hydrogens (tertiary/aromatic N) is 2. The molecular weight excluding hydrogens is 272 g/mol. The third kappa shape index (κ3) is 2.52. The van der Waals surface area contributed by atoms with Gasteiger partial charge in [0.15, 0.2) is 11.6 Å². The van der Waals surface area contributed by atoms with Crippen LogP contribution in [0.15, 0.2) is 24.4 Å². The monoisotopic (exact) mass is 291 g/mol. The van der Waals surface area contributed by atoms with Crippen LogP contribution in [0, 0.1) is 11.6 Å². The van der Waals surface area contributed by atoms with E-state index in [-0.39, 0.29) is 11.5 Å². The van der Waals surface area contributed by atoms with E-state index in [1.54, 1.807) is 6.07 Å². The average molecular weight is 291 g/mol. The zero-order chi connectivity index (χ0) is 15.2. The number of fused-ring (bicyclic) bond motifs is 1. The molecule has 0 bridgehead atoms. The smallest absolute Gasteiger partial charge is 0.203 e. The summed E-state index contributed by atoms with van der Waals surface area (Å²) in [6.45, 7) is 7.08. The van der Waals surface area contributed by atoms with Gasteiger partial charge in [0.05, 0.1) is 11.7 Å². The van der Waals surface area contributed by atoms with Crippen LogP contribution in [0.4, 0.5) is 14.7 Å². The Kier molecular flexibility index (Phi) is 3.23. The highest BCUT2D eigenvalue weighted by Crippen LogP contribution is 2.33. The second-order valence-corrected chi connectivity index (χ2v) is 6.51. The molecule has 1 aromatic heterocycles. The lowest BCUT2D eigenvalue weighted by molar-refractivity contribution is 0.492. The van der Waals surface area contributed by atoms with Gasteiger partial charge in [-0.15, -0.1) is 0 Å². The van der Waals surface area contributed by atoms with Crippen LogP contribution in [-0.4, -0.2) is 16.1 Å². The van der Waals surface area contributed by atoms with E-state index >= 15 is 0 Å². The minimum absolute atomic E-state index is 0.0139. The second kappa shape index (κ2) is 4.83. The van der Waals surface area contributed by atoms with Crippen LogP contribution in [0.5, 0.6) is 0 Å². The molecule has 5 heteroatoms. The maximum Gasteiger partial charge on any atom is 0.203 e. The highest BCUT2D eigenvalue weighted by molar-refractivity contribution is 5.37. The molecule has 3 rings (SSSR count). The molecule has 2 heterocycles. The van der Waals surface area contributed by atoms with Gasteiger partial charge in [-0.1, -0.05) is 26.8 Å². The Bertz CT molecular complexity index is 671. The molecule has 1 aromatic carbocycles. The average Bonchev–Trinajstić information content (AvgIpc) is 2.86. The van der Waals surface area contributed by atoms with Crippen LogP contribution in [0.3, 0.4) is 0 Å². The van der Waals surface area contributed by atoms with Crippen molar-refractivity contribution in [2.75, 3.05) is 11.9 Å². The number of halogens is 2. The number of imidazole rings is 1. The summed E-state index contributed by atoms with van der Waals surface area (Å²) in [6, 6.07) is 4.11. The Morgan fingerprint density at radius 1 is 1.24 bits per heavy atom. The Hall–Kier alpha value is -1.91. The molecule has 1 aliphatic rings. The van der Waals surface area contributed by atoms with E-state index in [4.69, 9.17) is 0 Å². The molecule has 0 amide bonds. The summed E-state index contributed by atoms with van der Waals surface area (Å²) >= 11 is 0. The van der Waals surface area contributed by atoms with E-state index in [2.05, 4.69) is 31.1 Å². The molecule has 0 fully saturated rings. The summed E-state index contributed by atoms with van der Waals surface area (Å²) in [5, 5.41) is 3.26. The van der Waals surface area contributed by atoms with E-state index in [1.807, 2.05) is 10.8 Å². The number of aromatic nitrogens is 2. The molecule has 1 aliphatic heterocycles. The van der Waals surface area contributed by atoms with Gasteiger partial charge in [-0.2, -0.15) is 0 Å². The zero-order valence-electron chi connectivity index (χ0n) is 12.5. The Morgan fingerprint density at radius 2 is 2.00 bits per heavy atom. The number of benzene rings is 1. The molecular formula is C16H19F2N3. The van der Waals surface area contributed by atoms with Crippen LogP contribution in [0.25, 0.3) is 0 Å². The van der Waals surface area contributed by atoms with Crippen molar-refractivity contribution in [3.8, 4) is 0 Å². The van der Waals surface area contributed by atoms with Crippen molar-refractivity contribution in [3.05, 3.63) is 47.3 Å². The van der Waals surface area contributed by atoms with Gasteiger partial charge in [-0.3, -0.25) is 0 Å². The number of anilines is 1. The normalized spacial score (nSPS) is 18.2. The van der Waals surface area contributed by atoms with Crippen molar-refractivity contribution in [2.45, 2.75) is 38.6 Å². The highest BCUT2D eigenvalue weighted by Gasteiger charge is 2.27. The van der Waals surface area contributed by atoms with E-state index in [0.717, 1.165) is 30.2 Å². The molecule has 1 atom stereocenters. The minimum atomic E-state index is -0.811. The Balaban J connectivity index is 2.03. The van der Waals surface area contributed by atoms with E-state index in [9.17, 15) is 8.78 Å². The quantitative estimate of drug-likeness (QED) is 0.864. The number of nitrogens with one attached hydrogen (secondary N) is 1. The lowest BCUT2D eigenvalue weighted by Crippen LogP contribution is -2.23. The second-order valence-electron chi connectivity index (χ2n) is 6.51. The summed E-state index contributed by atoms with van der Waals surface area (Å²) < 4.78 is 28.6. The molecule has 112 valence electrons. The predicted molar refractivity (Wildman–Crippen MR) is 78.5 cm³/mol. The van der Waals surface area contributed by atoms with Crippen molar-refractivity contribution >= 4 is 5.95 Å². The van der Waals surface area contributed by atoms with Crippen LogP contribution in [0.1, 0.15) is 44.5 Å². The number of rotatable bonds is 1. The lowest BCUT2D eigenvalue weighted by atomic mass is 9.93. The van der Waals surface area contributed by atoms with Gasteiger partial charge in [0, 0.05) is 18.2 Å². The van der Waals surface area contributed by atoms with Gasteiger partial charge in [-0.25, -0.2) is 13.8 Å². The number of hydrogen-bond acceptors (Lipinski definition) is 2. The molecule has 1 unspecified atom stereocenters. The largest absolute Gasteiger partial charge is 0.356 e. The molecule has 0 aliphatic carbocycles. The van der Waals surface area contributed by atoms with Gasteiger partial charge in [0.25, 0.3) is 0 Å². The van der Waals surface area contributed by atoms with Gasteiger partial charge in [0.2, 0.25) is 5.95 Å². The topological polar surface area (TPSA) is 29.9 Å². The fourth-order valence-corrected chi connectivity index (χ4v) is 2.63. The Morgan fingerprint density at radius 3 is 2.67 bits per heavy atom. The fraction of sp³-hybridized carbons (Fsp3) is 0.438. The highest BCUT2D eigenvalue weighted by atomic mass is 19.2. The summed E-state index contributed by atoms with van der Waals surface area (Å²) in [7, 11) is 0. The number of hydrogen-bond donors (Lipinski definition) is 1. The first kappa shape index (κ1) is 14.0. The van der Waals surface area contributed by atoms with Crippen molar-refractivity contribution in [1.82, 2.24) is 9.55 Å². The predicted octanol–water partition coefficient (Wildman–Crippen LogP) is 3.86. The fourth-order valence-electron chi connectivity index (χ4n) is 2.63. The molecule has 21 heavy (non-hydrogen) atoms. The molecule has 1 N–H and O–H groups in total. The Labute approximate surface area is 123 Å². The van der Waals surface area contributed by atoms with Crippen LogP contribution in [0.2, 0.25) is 0 Å². The van der Waals surface area contributed by atoms with Gasteiger partial charge >= 0.3 is 0 Å². The molecule has 3 nitrogen and oxygen atoms in total. The van der Waals surface area contributed by atoms with Gasteiger partial charge in [-0.05, 0) is 24.1 Å². The molecule has 0 saturated carbocycles. The first-order valence-electron chi connectivity index (χ1n) is 7.14. The van der Waals surface area contributed by atoms with Crippen LogP contribution < -0.4 is 5.32 Å². The van der Waals surface area contributed by atoms with E-state index in [0.29, 0.717) is 0 Å². The zero-order valence-corrected chi connectivity index (χ0v) is 12.5. The first-order chi connectivity index (χ1) is 9.86. The summed E-state index contributed by atoms with van der Waals surface area (Å²) in [4.78, 5) is 4.62. The maximum atomic E-state index is 13.5. The maximum absolute atomic E-state index is 13.5. The lowest BCUT2D eigenvalue weighted by Gasteiger charge is -2.26. The SMILES string of the molecule is CC(C)(C)c1cn2c(n1)NCCC2c1ccc(F)c(F)c1. The van der Waals surface area contributed by atoms with Crippen molar-refractivity contribution < 1.29 is 8.78 Å². The summed E-state index contributed by atoms with van der Waals surface area (Å²) in [5.74, 6) is -0.821. The van der Waals surface area contributed by atoms with E-state index in [1.165, 1.54) is 12.1 Å². The third-order valence-electron chi connectivity index (χ3n) is 3.87. The minimum Gasteiger partial charge on any atom is -0.356 e. The summed E-state index contributed by atoms with van der Waals surface area (Å²) in [6.07, 6.45) is 2.82. The van der Waals surface area contributed by atoms with Crippen LogP contribution >= 0.6 is 0 Å². The van der Waals surface area contributed by atoms with Gasteiger partial charge in [0.1, 0.15) is 0 Å². The molecule has 0 spiro atoms. The summed E-state index contributed by atoms with van der Waals surface area (Å²) in [5.41, 5.74) is 1.71. The van der Waals surface area contributed by atoms with Crippen molar-refractivity contribution in [1.29, 1.82) is 0 Å².